The van der Waals surface area contributed by atoms with Gasteiger partial charge in [0.2, 0.25) is 5.88 Å². The highest BCUT2D eigenvalue weighted by Crippen LogP contribution is 2.17. The fraction of sp³-hybridized carbons (Fsp3) is 0.312. The first-order valence-corrected chi connectivity index (χ1v) is 7.11. The molecule has 23 heavy (non-hydrogen) atoms. The normalized spacial score (nSPS) is 11.8. The minimum absolute atomic E-state index is 0.0513. The van der Waals surface area contributed by atoms with Gasteiger partial charge in [0.1, 0.15) is 5.56 Å². The zero-order chi connectivity index (χ0) is 17.0. The lowest BCUT2D eigenvalue weighted by Gasteiger charge is -2.21. The van der Waals surface area contributed by atoms with E-state index in [4.69, 9.17) is 15.0 Å². The number of anilines is 1. The van der Waals surface area contributed by atoms with Crippen LogP contribution in [0.25, 0.3) is 0 Å². The number of aromatic nitrogens is 1. The van der Waals surface area contributed by atoms with Gasteiger partial charge >= 0.3 is 5.97 Å². The Kier molecular flexibility index (Phi) is 5.00. The Labute approximate surface area is 134 Å². The van der Waals surface area contributed by atoms with Crippen molar-refractivity contribution in [2.45, 2.75) is 26.5 Å². The molecule has 1 heterocycles. The summed E-state index contributed by atoms with van der Waals surface area (Å²) in [5.74, 6) is -1.16. The summed E-state index contributed by atoms with van der Waals surface area (Å²) in [6.45, 7) is 3.52. The number of esters is 1. The predicted molar refractivity (Wildman–Crippen MR) is 83.4 cm³/mol. The largest absolute Gasteiger partial charge is 0.449 e. The first-order valence-electron chi connectivity index (χ1n) is 7.11. The Morgan fingerprint density at radius 1 is 1.35 bits per heavy atom. The quantitative estimate of drug-likeness (QED) is 0.844. The number of nitrogen functional groups attached to an aromatic ring is 1. The molecule has 0 aliphatic heterocycles. The van der Waals surface area contributed by atoms with Gasteiger partial charge < -0.3 is 19.9 Å². The van der Waals surface area contributed by atoms with Gasteiger partial charge in [0.05, 0.1) is 5.69 Å². The maximum atomic E-state index is 12.3. The summed E-state index contributed by atoms with van der Waals surface area (Å²) in [6.07, 6.45) is -0.940. The fourth-order valence-corrected chi connectivity index (χ4v) is 2.15. The Hall–Kier alpha value is -2.83. The van der Waals surface area contributed by atoms with Gasteiger partial charge in [-0.15, -0.1) is 0 Å². The third-order valence-electron chi connectivity index (χ3n) is 3.36. The second-order valence-electron chi connectivity index (χ2n) is 5.23. The highest BCUT2D eigenvalue weighted by atomic mass is 16.5. The van der Waals surface area contributed by atoms with Crippen LogP contribution < -0.4 is 5.73 Å². The van der Waals surface area contributed by atoms with Crippen molar-refractivity contribution in [2.24, 2.45) is 0 Å². The number of aryl methyl sites for hydroxylation is 1. The van der Waals surface area contributed by atoms with Gasteiger partial charge in [-0.1, -0.05) is 35.5 Å². The van der Waals surface area contributed by atoms with E-state index < -0.39 is 12.1 Å². The van der Waals surface area contributed by atoms with Crippen LogP contribution in [0.5, 0.6) is 0 Å². The Bertz CT molecular complexity index is 677. The van der Waals surface area contributed by atoms with Crippen LogP contribution in [0.2, 0.25) is 0 Å². The lowest BCUT2D eigenvalue weighted by Crippen LogP contribution is -2.37. The highest BCUT2D eigenvalue weighted by Gasteiger charge is 2.26. The molecular formula is C16H19N3O4. The Morgan fingerprint density at radius 2 is 2.00 bits per heavy atom. The molecule has 0 aliphatic rings. The van der Waals surface area contributed by atoms with Crippen LogP contribution in [0.1, 0.15) is 28.5 Å². The molecule has 122 valence electrons. The van der Waals surface area contributed by atoms with Gasteiger partial charge in [-0.2, -0.15) is 0 Å². The third kappa shape index (κ3) is 3.88. The molecule has 0 fully saturated rings. The number of carbonyl (C=O) groups is 2. The first-order chi connectivity index (χ1) is 10.9. The third-order valence-corrected chi connectivity index (χ3v) is 3.36. The van der Waals surface area contributed by atoms with Crippen molar-refractivity contribution in [1.29, 1.82) is 0 Å². The summed E-state index contributed by atoms with van der Waals surface area (Å²) >= 11 is 0. The van der Waals surface area contributed by atoms with E-state index in [-0.39, 0.29) is 17.4 Å². The number of carbonyl (C=O) groups excluding carboxylic acids is 2. The fourth-order valence-electron chi connectivity index (χ4n) is 2.15. The zero-order valence-corrected chi connectivity index (χ0v) is 13.3. The molecule has 2 aromatic rings. The van der Waals surface area contributed by atoms with Crippen molar-refractivity contribution >= 4 is 17.8 Å². The Morgan fingerprint density at radius 3 is 2.57 bits per heavy atom. The van der Waals surface area contributed by atoms with Crippen LogP contribution in [0, 0.1) is 6.92 Å². The van der Waals surface area contributed by atoms with Crippen LogP contribution in [-0.4, -0.2) is 35.1 Å². The molecular weight excluding hydrogens is 298 g/mol. The maximum absolute atomic E-state index is 12.3. The smallest absolute Gasteiger partial charge is 0.346 e. The van der Waals surface area contributed by atoms with Crippen LogP contribution in [0.4, 0.5) is 5.88 Å². The number of likely N-dealkylation sites (N-methyl/N-ethyl adjacent to an activating group) is 1. The molecule has 1 amide bonds. The molecule has 2 rings (SSSR count). The van der Waals surface area contributed by atoms with E-state index in [0.717, 1.165) is 5.56 Å². The minimum Gasteiger partial charge on any atom is -0.449 e. The summed E-state index contributed by atoms with van der Waals surface area (Å²) in [6, 6.07) is 9.54. The van der Waals surface area contributed by atoms with Gasteiger partial charge in [0.25, 0.3) is 5.91 Å². The average molecular weight is 317 g/mol. The number of hydrogen-bond donors (Lipinski definition) is 1. The van der Waals surface area contributed by atoms with Crippen LogP contribution in [0.15, 0.2) is 34.9 Å². The summed E-state index contributed by atoms with van der Waals surface area (Å²) in [4.78, 5) is 25.9. The molecule has 0 unspecified atom stereocenters. The molecule has 0 aliphatic carbocycles. The molecule has 2 N–H and O–H groups in total. The lowest BCUT2D eigenvalue weighted by molar-refractivity contribution is -0.139. The summed E-state index contributed by atoms with van der Waals surface area (Å²) < 4.78 is 9.88. The zero-order valence-electron chi connectivity index (χ0n) is 13.3. The standard InChI is InChI=1S/C16H19N3O4/c1-10-13(14(17)23-18-10)16(21)22-11(2)15(20)19(3)9-12-7-5-4-6-8-12/h4-8,11H,9,17H2,1-3H3/t11-/m0/s1. The highest BCUT2D eigenvalue weighted by molar-refractivity contribution is 5.96. The number of amides is 1. The monoisotopic (exact) mass is 317 g/mol. The van der Waals surface area contributed by atoms with Gasteiger partial charge in [-0.25, -0.2) is 4.79 Å². The first kappa shape index (κ1) is 16.5. The lowest BCUT2D eigenvalue weighted by atomic mass is 10.2. The molecule has 0 saturated carbocycles. The molecule has 0 bridgehead atoms. The molecule has 0 radical (unpaired) electrons. The number of hydrogen-bond acceptors (Lipinski definition) is 6. The molecule has 7 heteroatoms. The summed E-state index contributed by atoms with van der Waals surface area (Å²) in [5, 5.41) is 3.58. The average Bonchev–Trinajstić information content (AvgIpc) is 2.86. The molecule has 1 aromatic carbocycles. The van der Waals surface area contributed by atoms with Crippen molar-refractivity contribution in [2.75, 3.05) is 12.8 Å². The van der Waals surface area contributed by atoms with Crippen molar-refractivity contribution in [3.63, 3.8) is 0 Å². The number of rotatable bonds is 5. The van der Waals surface area contributed by atoms with Gasteiger partial charge in [0, 0.05) is 13.6 Å². The molecule has 1 atom stereocenters. The number of nitrogens with two attached hydrogens (primary N) is 1. The van der Waals surface area contributed by atoms with E-state index in [1.54, 1.807) is 14.0 Å². The number of ether oxygens (including phenoxy) is 1. The molecule has 0 saturated heterocycles. The molecule has 1 aromatic heterocycles. The van der Waals surface area contributed by atoms with Crippen molar-refractivity contribution in [3.8, 4) is 0 Å². The minimum atomic E-state index is -0.940. The maximum Gasteiger partial charge on any atom is 0.346 e. The van der Waals surface area contributed by atoms with Gasteiger partial charge in [0.15, 0.2) is 6.10 Å². The predicted octanol–water partition coefficient (Wildman–Crippen LogP) is 1.77. The van der Waals surface area contributed by atoms with E-state index in [2.05, 4.69) is 5.16 Å². The second-order valence-corrected chi connectivity index (χ2v) is 5.23. The van der Waals surface area contributed by atoms with E-state index in [0.29, 0.717) is 12.2 Å². The topological polar surface area (TPSA) is 98.7 Å². The van der Waals surface area contributed by atoms with Crippen LogP contribution in [-0.2, 0) is 16.1 Å². The SMILES string of the molecule is Cc1noc(N)c1C(=O)O[C@@H](C)C(=O)N(C)Cc1ccccc1. The summed E-state index contributed by atoms with van der Waals surface area (Å²) in [5.41, 5.74) is 6.89. The van der Waals surface area contributed by atoms with Gasteiger partial charge in [-0.05, 0) is 19.4 Å². The molecule has 0 spiro atoms. The van der Waals surface area contributed by atoms with Crippen molar-refractivity contribution < 1.29 is 18.8 Å². The van der Waals surface area contributed by atoms with Crippen LogP contribution >= 0.6 is 0 Å². The van der Waals surface area contributed by atoms with E-state index >= 15 is 0 Å². The van der Waals surface area contributed by atoms with Crippen molar-refractivity contribution in [3.05, 3.63) is 47.2 Å². The molecule has 7 nitrogen and oxygen atoms in total. The van der Waals surface area contributed by atoms with Crippen LogP contribution in [0.3, 0.4) is 0 Å². The Balaban J connectivity index is 1.98. The number of benzene rings is 1. The van der Waals surface area contributed by atoms with E-state index in [1.165, 1.54) is 11.8 Å². The van der Waals surface area contributed by atoms with E-state index in [9.17, 15) is 9.59 Å². The van der Waals surface area contributed by atoms with Crippen molar-refractivity contribution in [1.82, 2.24) is 10.1 Å². The second kappa shape index (κ2) is 6.95. The van der Waals surface area contributed by atoms with Gasteiger partial charge in [-0.3, -0.25) is 4.79 Å². The van der Waals surface area contributed by atoms with E-state index in [1.807, 2.05) is 30.3 Å². The number of nitrogens with zero attached hydrogens (tertiary/aromatic N) is 2. The summed E-state index contributed by atoms with van der Waals surface area (Å²) in [7, 11) is 1.65.